The number of aromatic nitrogens is 1. The first-order valence-electron chi connectivity index (χ1n) is 22.5. The maximum Gasteiger partial charge on any atom is 0.0955 e. The summed E-state index contributed by atoms with van der Waals surface area (Å²) in [6.07, 6.45) is 10.4. The van der Waals surface area contributed by atoms with E-state index in [4.69, 9.17) is 0 Å². The SMILES string of the molecule is CC1CCC(N2CN(c3cccc(C4(C)c5cc(N6CN(C7CCC(C)CC7)c7ccccc76)ccc5-n5c6ccccc6c6cccc4c65)c3)c3ccccc32)CC1. The zero-order valence-corrected chi connectivity index (χ0v) is 34.8. The van der Waals surface area contributed by atoms with Gasteiger partial charge in [0.1, 0.15) is 0 Å². The number of anilines is 6. The summed E-state index contributed by atoms with van der Waals surface area (Å²) in [6, 6.07) is 52.5. The van der Waals surface area contributed by atoms with E-state index in [2.05, 4.69) is 178 Å². The zero-order chi connectivity index (χ0) is 39.4. The summed E-state index contributed by atoms with van der Waals surface area (Å²) in [6.45, 7) is 9.15. The van der Waals surface area contributed by atoms with Gasteiger partial charge in [-0.2, -0.15) is 0 Å². The molecule has 1 atom stereocenters. The maximum atomic E-state index is 2.71. The average Bonchev–Trinajstić information content (AvgIpc) is 3.97. The summed E-state index contributed by atoms with van der Waals surface area (Å²) in [5.74, 6) is 1.66. The Morgan fingerprint density at radius 1 is 0.458 bits per heavy atom. The van der Waals surface area contributed by atoms with E-state index >= 15 is 0 Å². The third-order valence-electron chi connectivity index (χ3n) is 15.4. The molecule has 296 valence electrons. The van der Waals surface area contributed by atoms with Crippen LogP contribution in [0.3, 0.4) is 0 Å². The van der Waals surface area contributed by atoms with Gasteiger partial charge in [-0.3, -0.25) is 0 Å². The van der Waals surface area contributed by atoms with Gasteiger partial charge >= 0.3 is 0 Å². The van der Waals surface area contributed by atoms with Crippen molar-refractivity contribution in [2.75, 3.05) is 32.9 Å². The summed E-state index contributed by atoms with van der Waals surface area (Å²) >= 11 is 0. The molecule has 2 saturated carbocycles. The maximum absolute atomic E-state index is 2.71. The van der Waals surface area contributed by atoms with Crippen molar-refractivity contribution in [2.45, 2.75) is 89.6 Å². The Morgan fingerprint density at radius 3 is 1.64 bits per heavy atom. The first-order valence-corrected chi connectivity index (χ1v) is 22.5. The summed E-state index contributed by atoms with van der Waals surface area (Å²) in [7, 11) is 0. The van der Waals surface area contributed by atoms with Crippen LogP contribution < -0.4 is 19.6 Å². The topological polar surface area (TPSA) is 17.9 Å². The van der Waals surface area contributed by atoms with Crippen molar-refractivity contribution in [1.29, 1.82) is 0 Å². The van der Waals surface area contributed by atoms with Crippen LogP contribution in [0.1, 0.15) is 88.8 Å². The number of rotatable bonds is 5. The highest BCUT2D eigenvalue weighted by atomic mass is 15.4. The molecule has 0 radical (unpaired) electrons. The van der Waals surface area contributed by atoms with Gasteiger partial charge in [-0.1, -0.05) is 86.6 Å². The van der Waals surface area contributed by atoms with Gasteiger partial charge in [-0.05, 0) is 147 Å². The van der Waals surface area contributed by atoms with Gasteiger partial charge < -0.3 is 24.2 Å². The molecule has 0 N–H and O–H groups in total. The molecule has 0 spiro atoms. The van der Waals surface area contributed by atoms with Crippen LogP contribution in [0.5, 0.6) is 0 Å². The smallest absolute Gasteiger partial charge is 0.0955 e. The molecule has 3 aliphatic heterocycles. The minimum absolute atomic E-state index is 0.415. The van der Waals surface area contributed by atoms with Gasteiger partial charge in [-0.25, -0.2) is 0 Å². The Labute approximate surface area is 349 Å². The molecular weight excluding hydrogens is 719 g/mol. The van der Waals surface area contributed by atoms with E-state index in [0.29, 0.717) is 12.1 Å². The molecule has 0 amide bonds. The van der Waals surface area contributed by atoms with E-state index < -0.39 is 5.41 Å². The van der Waals surface area contributed by atoms with Crippen LogP contribution in [-0.2, 0) is 5.41 Å². The number of nitrogens with zero attached hydrogens (tertiary/aromatic N) is 5. The molecule has 5 aliphatic rings. The summed E-state index contributed by atoms with van der Waals surface area (Å²) < 4.78 is 2.57. The molecule has 2 fully saturated rings. The lowest BCUT2D eigenvalue weighted by atomic mass is 9.68. The van der Waals surface area contributed by atoms with Gasteiger partial charge in [0.25, 0.3) is 0 Å². The van der Waals surface area contributed by atoms with Gasteiger partial charge in [0.05, 0.1) is 52.8 Å². The highest BCUT2D eigenvalue weighted by Crippen LogP contribution is 2.54. The van der Waals surface area contributed by atoms with Crippen LogP contribution in [0, 0.1) is 11.8 Å². The van der Waals surface area contributed by atoms with Crippen LogP contribution in [0.4, 0.5) is 34.1 Å². The minimum atomic E-state index is -0.415. The third-order valence-corrected chi connectivity index (χ3v) is 15.4. The Balaban J connectivity index is 1.01. The fourth-order valence-electron chi connectivity index (χ4n) is 12.1. The lowest BCUT2D eigenvalue weighted by Crippen LogP contribution is -2.39. The van der Waals surface area contributed by atoms with Crippen molar-refractivity contribution < 1.29 is 0 Å². The van der Waals surface area contributed by atoms with Gasteiger partial charge in [0, 0.05) is 39.6 Å². The van der Waals surface area contributed by atoms with E-state index in [1.165, 1.54) is 130 Å². The Morgan fingerprint density at radius 2 is 1.00 bits per heavy atom. The fraction of sp³-hybridized carbons (Fsp3) is 0.333. The lowest BCUT2D eigenvalue weighted by molar-refractivity contribution is 0.337. The second-order valence-corrected chi connectivity index (χ2v) is 18.8. The van der Waals surface area contributed by atoms with Crippen LogP contribution in [0.15, 0.2) is 133 Å². The molecule has 5 heteroatoms. The molecule has 5 nitrogen and oxygen atoms in total. The molecule has 12 rings (SSSR count). The van der Waals surface area contributed by atoms with Crippen molar-refractivity contribution in [3.63, 3.8) is 0 Å². The normalized spacial score (nSPS) is 24.8. The molecule has 6 aromatic carbocycles. The first kappa shape index (κ1) is 35.3. The van der Waals surface area contributed by atoms with Gasteiger partial charge in [0.2, 0.25) is 0 Å². The van der Waals surface area contributed by atoms with Crippen LogP contribution in [0.25, 0.3) is 27.5 Å². The number of fused-ring (bicyclic) bond motifs is 7. The summed E-state index contributed by atoms with van der Waals surface area (Å²) in [5.41, 5.74) is 15.5. The molecule has 2 aliphatic carbocycles. The van der Waals surface area contributed by atoms with Crippen molar-refractivity contribution in [3.8, 4) is 5.69 Å². The summed E-state index contributed by atoms with van der Waals surface area (Å²) in [5, 5.41) is 2.64. The second-order valence-electron chi connectivity index (χ2n) is 18.8. The highest BCUT2D eigenvalue weighted by Gasteiger charge is 2.42. The number of hydrogen-bond donors (Lipinski definition) is 0. The van der Waals surface area contributed by atoms with E-state index in [1.54, 1.807) is 0 Å². The molecule has 1 aromatic heterocycles. The molecule has 0 saturated heterocycles. The molecule has 0 bridgehead atoms. The predicted octanol–water partition coefficient (Wildman–Crippen LogP) is 13.4. The van der Waals surface area contributed by atoms with Crippen molar-refractivity contribution >= 4 is 55.9 Å². The second kappa shape index (κ2) is 13.4. The van der Waals surface area contributed by atoms with E-state index in [-0.39, 0.29) is 0 Å². The largest absolute Gasteiger partial charge is 0.349 e. The Kier molecular flexibility index (Phi) is 8.03. The number of hydrogen-bond acceptors (Lipinski definition) is 4. The monoisotopic (exact) mass is 773 g/mol. The van der Waals surface area contributed by atoms with Gasteiger partial charge in [-0.15, -0.1) is 0 Å². The van der Waals surface area contributed by atoms with E-state index in [0.717, 1.165) is 25.2 Å². The first-order chi connectivity index (χ1) is 29.0. The van der Waals surface area contributed by atoms with Crippen LogP contribution >= 0.6 is 0 Å². The van der Waals surface area contributed by atoms with E-state index in [1.807, 2.05) is 0 Å². The standard InChI is InChI=1S/C54H55N5/c1-36-22-26-39(27-23-36)55-34-57(51-20-8-6-18-49(51)55)41-13-10-12-38(32-41)54(3)45-16-11-15-44-43-14-4-5-17-47(43)59(53(44)45)48-31-30-42(33-46(48)54)58-35-56(40-28-24-37(2)25-29-40)50-19-7-9-21-52(50)58/h4-21,30-33,36-37,39-40H,22-29,34-35H2,1-3H3. The molecule has 4 heterocycles. The fourth-order valence-corrected chi connectivity index (χ4v) is 12.1. The average molecular weight is 774 g/mol. The minimum Gasteiger partial charge on any atom is -0.349 e. The molecule has 1 unspecified atom stereocenters. The third kappa shape index (κ3) is 5.29. The Hall–Kier alpha value is -5.68. The van der Waals surface area contributed by atoms with Crippen molar-refractivity contribution in [2.24, 2.45) is 11.8 Å². The summed E-state index contributed by atoms with van der Waals surface area (Å²) in [4.78, 5) is 10.6. The lowest BCUT2D eigenvalue weighted by Gasteiger charge is -2.39. The van der Waals surface area contributed by atoms with Crippen LogP contribution in [0.2, 0.25) is 0 Å². The predicted molar refractivity (Wildman–Crippen MR) is 247 cm³/mol. The quantitative estimate of drug-likeness (QED) is 0.173. The molecule has 59 heavy (non-hydrogen) atoms. The van der Waals surface area contributed by atoms with E-state index in [9.17, 15) is 0 Å². The number of para-hydroxylation sites is 6. The zero-order valence-electron chi connectivity index (χ0n) is 34.8. The van der Waals surface area contributed by atoms with Crippen molar-refractivity contribution in [3.05, 3.63) is 150 Å². The van der Waals surface area contributed by atoms with Gasteiger partial charge in [0.15, 0.2) is 0 Å². The van der Waals surface area contributed by atoms with Crippen LogP contribution in [-0.4, -0.2) is 30.0 Å². The Bertz CT molecular complexity index is 2750. The molecule has 7 aromatic rings. The van der Waals surface area contributed by atoms with Crippen molar-refractivity contribution in [1.82, 2.24) is 4.57 Å². The number of benzene rings is 6. The molecular formula is C54H55N5. The highest BCUT2D eigenvalue weighted by molar-refractivity contribution is 6.12.